The van der Waals surface area contributed by atoms with E-state index in [0.717, 1.165) is 6.42 Å². The molecule has 0 radical (unpaired) electrons. The van der Waals surface area contributed by atoms with Crippen molar-refractivity contribution in [1.82, 2.24) is 5.32 Å². The topological polar surface area (TPSA) is 49.3 Å². The van der Waals surface area contributed by atoms with Crippen LogP contribution in [0.25, 0.3) is 0 Å². The van der Waals surface area contributed by atoms with E-state index in [-0.39, 0.29) is 11.7 Å². The van der Waals surface area contributed by atoms with Crippen molar-refractivity contribution in [3.8, 4) is 5.75 Å². The first-order valence-electron chi connectivity index (χ1n) is 5.19. The van der Waals surface area contributed by atoms with E-state index >= 15 is 0 Å². The molecule has 3 heteroatoms. The molecule has 3 nitrogen and oxygen atoms in total. The van der Waals surface area contributed by atoms with Crippen LogP contribution >= 0.6 is 0 Å². The van der Waals surface area contributed by atoms with Crippen molar-refractivity contribution >= 4 is 5.91 Å². The lowest BCUT2D eigenvalue weighted by atomic mass is 10.1. The van der Waals surface area contributed by atoms with Gasteiger partial charge in [-0.3, -0.25) is 4.79 Å². The van der Waals surface area contributed by atoms with Gasteiger partial charge in [0.1, 0.15) is 5.75 Å². The molecule has 0 aliphatic heterocycles. The first-order valence-corrected chi connectivity index (χ1v) is 5.19. The van der Waals surface area contributed by atoms with Crippen molar-refractivity contribution in [1.29, 1.82) is 0 Å². The van der Waals surface area contributed by atoms with Crippen LogP contribution in [0, 0.1) is 12.8 Å². The molecule has 80 valence electrons. The number of carbonyl (C=O) groups excluding carboxylic acids is 1. The third-order valence-corrected chi connectivity index (χ3v) is 2.98. The smallest absolute Gasteiger partial charge is 0.251 e. The second-order valence-corrected chi connectivity index (χ2v) is 4.24. The summed E-state index contributed by atoms with van der Waals surface area (Å²) in [6.45, 7) is 3.86. The number of benzene rings is 1. The fraction of sp³-hybridized carbons (Fsp3) is 0.417. The normalized spacial score (nSPS) is 23.6. The Balaban J connectivity index is 2.14. The molecule has 2 unspecified atom stereocenters. The SMILES string of the molecule is Cc1c(O)cccc1C(=O)NC1CC1C. The second kappa shape index (κ2) is 3.57. The van der Waals surface area contributed by atoms with Gasteiger partial charge >= 0.3 is 0 Å². The monoisotopic (exact) mass is 205 g/mol. The van der Waals surface area contributed by atoms with Crippen molar-refractivity contribution in [3.63, 3.8) is 0 Å². The quantitative estimate of drug-likeness (QED) is 0.774. The highest BCUT2D eigenvalue weighted by molar-refractivity contribution is 5.96. The molecule has 0 bridgehead atoms. The van der Waals surface area contributed by atoms with Crippen LogP contribution in [0.3, 0.4) is 0 Å². The van der Waals surface area contributed by atoms with Crippen molar-refractivity contribution in [2.45, 2.75) is 26.3 Å². The summed E-state index contributed by atoms with van der Waals surface area (Å²) in [5.74, 6) is 0.677. The van der Waals surface area contributed by atoms with Gasteiger partial charge in [-0.2, -0.15) is 0 Å². The summed E-state index contributed by atoms with van der Waals surface area (Å²) in [6, 6.07) is 5.33. The molecule has 1 aliphatic rings. The van der Waals surface area contributed by atoms with Gasteiger partial charge in [-0.1, -0.05) is 13.0 Å². The Kier molecular flexibility index (Phi) is 2.39. The number of carbonyl (C=O) groups is 1. The first-order chi connectivity index (χ1) is 7.09. The summed E-state index contributed by atoms with van der Waals surface area (Å²) < 4.78 is 0. The lowest BCUT2D eigenvalue weighted by Crippen LogP contribution is -2.27. The van der Waals surface area contributed by atoms with Crippen LogP contribution in [0.2, 0.25) is 0 Å². The molecule has 1 saturated carbocycles. The van der Waals surface area contributed by atoms with Gasteiger partial charge in [-0.15, -0.1) is 0 Å². The Morgan fingerprint density at radius 3 is 2.80 bits per heavy atom. The molecule has 0 spiro atoms. The minimum atomic E-state index is -0.0854. The molecular weight excluding hydrogens is 190 g/mol. The van der Waals surface area contributed by atoms with Gasteiger partial charge < -0.3 is 10.4 Å². The maximum atomic E-state index is 11.8. The fourth-order valence-corrected chi connectivity index (χ4v) is 1.64. The second-order valence-electron chi connectivity index (χ2n) is 4.24. The Labute approximate surface area is 89.1 Å². The zero-order valence-electron chi connectivity index (χ0n) is 8.95. The molecule has 1 aliphatic carbocycles. The Morgan fingerprint density at radius 2 is 2.20 bits per heavy atom. The molecule has 2 atom stereocenters. The predicted octanol–water partition coefficient (Wildman–Crippen LogP) is 1.84. The summed E-state index contributed by atoms with van der Waals surface area (Å²) >= 11 is 0. The van der Waals surface area contributed by atoms with E-state index in [1.165, 1.54) is 0 Å². The standard InChI is InChI=1S/C12H15NO2/c1-7-6-10(7)13-12(15)9-4-3-5-11(14)8(9)2/h3-5,7,10,14H,6H2,1-2H3,(H,13,15). The number of aromatic hydroxyl groups is 1. The number of phenolic OH excluding ortho intramolecular Hbond substituents is 1. The fourth-order valence-electron chi connectivity index (χ4n) is 1.64. The van der Waals surface area contributed by atoms with Gasteiger partial charge in [0.05, 0.1) is 0 Å². The lowest BCUT2D eigenvalue weighted by Gasteiger charge is -2.07. The molecule has 1 aromatic carbocycles. The highest BCUT2D eigenvalue weighted by atomic mass is 16.3. The van der Waals surface area contributed by atoms with Crippen LogP contribution < -0.4 is 5.32 Å². The first kappa shape index (κ1) is 10.0. The number of rotatable bonds is 2. The van der Waals surface area contributed by atoms with E-state index < -0.39 is 0 Å². The summed E-state index contributed by atoms with van der Waals surface area (Å²) in [4.78, 5) is 11.8. The van der Waals surface area contributed by atoms with Gasteiger partial charge in [0, 0.05) is 17.2 Å². The van der Waals surface area contributed by atoms with Crippen molar-refractivity contribution in [2.24, 2.45) is 5.92 Å². The third-order valence-electron chi connectivity index (χ3n) is 2.98. The molecule has 0 aromatic heterocycles. The summed E-state index contributed by atoms with van der Waals surface area (Å²) in [7, 11) is 0. The van der Waals surface area contributed by atoms with Gasteiger partial charge in [-0.05, 0) is 31.4 Å². The molecule has 2 N–H and O–H groups in total. The maximum Gasteiger partial charge on any atom is 0.251 e. The molecule has 2 rings (SSSR count). The van der Waals surface area contributed by atoms with Crippen molar-refractivity contribution in [2.75, 3.05) is 0 Å². The molecule has 1 amide bonds. The summed E-state index contributed by atoms with van der Waals surface area (Å²) in [6.07, 6.45) is 1.06. The van der Waals surface area contributed by atoms with Crippen LogP contribution in [0.1, 0.15) is 29.3 Å². The minimum absolute atomic E-state index is 0.0854. The van der Waals surface area contributed by atoms with E-state index in [9.17, 15) is 9.90 Å². The largest absolute Gasteiger partial charge is 0.508 e. The average molecular weight is 205 g/mol. The summed E-state index contributed by atoms with van der Waals surface area (Å²) in [5.41, 5.74) is 1.21. The Bertz CT molecular complexity index is 401. The molecule has 15 heavy (non-hydrogen) atoms. The number of nitrogens with one attached hydrogen (secondary N) is 1. The van der Waals surface area contributed by atoms with Crippen molar-refractivity contribution < 1.29 is 9.90 Å². The molecule has 1 fully saturated rings. The van der Waals surface area contributed by atoms with Crippen LogP contribution in [0.4, 0.5) is 0 Å². The predicted molar refractivity (Wildman–Crippen MR) is 57.9 cm³/mol. The molecular formula is C12H15NO2. The van der Waals surface area contributed by atoms with Gasteiger partial charge in [-0.25, -0.2) is 0 Å². The average Bonchev–Trinajstić information content (AvgIpc) is 2.86. The zero-order valence-corrected chi connectivity index (χ0v) is 8.95. The van der Waals surface area contributed by atoms with E-state index in [1.807, 2.05) is 0 Å². The van der Waals surface area contributed by atoms with Gasteiger partial charge in [0.15, 0.2) is 0 Å². The van der Waals surface area contributed by atoms with E-state index in [1.54, 1.807) is 25.1 Å². The minimum Gasteiger partial charge on any atom is -0.508 e. The lowest BCUT2D eigenvalue weighted by molar-refractivity contribution is 0.0948. The number of amides is 1. The van der Waals surface area contributed by atoms with E-state index in [4.69, 9.17) is 0 Å². The maximum absolute atomic E-state index is 11.8. The molecule has 0 heterocycles. The highest BCUT2D eigenvalue weighted by Gasteiger charge is 2.34. The van der Waals surface area contributed by atoms with Gasteiger partial charge in [0.2, 0.25) is 0 Å². The third kappa shape index (κ3) is 1.96. The van der Waals surface area contributed by atoms with E-state index in [0.29, 0.717) is 23.1 Å². The van der Waals surface area contributed by atoms with Crippen LogP contribution in [-0.4, -0.2) is 17.1 Å². The Hall–Kier alpha value is -1.51. The highest BCUT2D eigenvalue weighted by Crippen LogP contribution is 2.29. The van der Waals surface area contributed by atoms with Crippen LogP contribution in [-0.2, 0) is 0 Å². The van der Waals surface area contributed by atoms with Crippen molar-refractivity contribution in [3.05, 3.63) is 29.3 Å². The zero-order chi connectivity index (χ0) is 11.0. The van der Waals surface area contributed by atoms with Crippen LogP contribution in [0.5, 0.6) is 5.75 Å². The summed E-state index contributed by atoms with van der Waals surface area (Å²) in [5, 5.41) is 12.4. The van der Waals surface area contributed by atoms with Crippen LogP contribution in [0.15, 0.2) is 18.2 Å². The van der Waals surface area contributed by atoms with Gasteiger partial charge in [0.25, 0.3) is 5.91 Å². The number of hydrogen-bond donors (Lipinski definition) is 2. The number of phenols is 1. The molecule has 1 aromatic rings. The molecule has 0 saturated heterocycles. The Morgan fingerprint density at radius 1 is 1.53 bits per heavy atom. The van der Waals surface area contributed by atoms with E-state index in [2.05, 4.69) is 12.2 Å². The number of hydrogen-bond acceptors (Lipinski definition) is 2.